The molecular formula is C19H17NO3S. The summed E-state index contributed by atoms with van der Waals surface area (Å²) < 4.78 is 11.1. The predicted octanol–water partition coefficient (Wildman–Crippen LogP) is 4.39. The number of rotatable bonds is 6. The van der Waals surface area contributed by atoms with Gasteiger partial charge >= 0.3 is 5.97 Å². The van der Waals surface area contributed by atoms with Crippen molar-refractivity contribution in [2.45, 2.75) is 20.1 Å². The number of hydrogen-bond acceptors (Lipinski definition) is 5. The monoisotopic (exact) mass is 339 g/mol. The summed E-state index contributed by atoms with van der Waals surface area (Å²) in [7, 11) is 0. The molecule has 24 heavy (non-hydrogen) atoms. The van der Waals surface area contributed by atoms with Gasteiger partial charge in [0.2, 0.25) is 0 Å². The zero-order valence-electron chi connectivity index (χ0n) is 13.3. The van der Waals surface area contributed by atoms with Crippen LogP contribution in [0.5, 0.6) is 5.75 Å². The van der Waals surface area contributed by atoms with Crippen molar-refractivity contribution in [1.82, 2.24) is 4.98 Å². The van der Waals surface area contributed by atoms with E-state index in [1.807, 2.05) is 42.6 Å². The molecule has 3 rings (SSSR count). The van der Waals surface area contributed by atoms with E-state index in [1.165, 1.54) is 11.3 Å². The molecule has 5 heteroatoms. The van der Waals surface area contributed by atoms with Crippen LogP contribution >= 0.6 is 11.3 Å². The highest BCUT2D eigenvalue weighted by Crippen LogP contribution is 2.17. The van der Waals surface area contributed by atoms with E-state index in [1.54, 1.807) is 23.7 Å². The third-order valence-electron chi connectivity index (χ3n) is 3.56. The van der Waals surface area contributed by atoms with Gasteiger partial charge < -0.3 is 9.47 Å². The lowest BCUT2D eigenvalue weighted by molar-refractivity contribution is 0.0471. The Balaban J connectivity index is 1.60. The van der Waals surface area contributed by atoms with Gasteiger partial charge in [-0.2, -0.15) is 0 Å². The lowest BCUT2D eigenvalue weighted by Gasteiger charge is -2.09. The molecule has 0 fully saturated rings. The average Bonchev–Trinajstić information content (AvgIpc) is 3.13. The summed E-state index contributed by atoms with van der Waals surface area (Å²) >= 11 is 1.52. The van der Waals surface area contributed by atoms with Crippen LogP contribution in [0.1, 0.15) is 27.2 Å². The topological polar surface area (TPSA) is 48.4 Å². The molecule has 0 atom stereocenters. The van der Waals surface area contributed by atoms with E-state index in [2.05, 4.69) is 4.98 Å². The third kappa shape index (κ3) is 4.20. The smallest absolute Gasteiger partial charge is 0.338 e. The Morgan fingerprint density at radius 3 is 2.79 bits per heavy atom. The highest BCUT2D eigenvalue weighted by Gasteiger charge is 2.09. The van der Waals surface area contributed by atoms with Gasteiger partial charge in [0.05, 0.1) is 16.8 Å². The molecule has 0 saturated heterocycles. The fraction of sp³-hybridized carbons (Fsp3) is 0.158. The van der Waals surface area contributed by atoms with Crippen molar-refractivity contribution in [2.24, 2.45) is 0 Å². The molecule has 4 nitrogen and oxygen atoms in total. The van der Waals surface area contributed by atoms with Crippen LogP contribution in [0, 0.1) is 6.92 Å². The minimum absolute atomic E-state index is 0.259. The first-order valence-electron chi connectivity index (χ1n) is 7.54. The highest BCUT2D eigenvalue weighted by molar-refractivity contribution is 7.07. The van der Waals surface area contributed by atoms with Crippen LogP contribution in [0.4, 0.5) is 0 Å². The molecule has 0 unspecified atom stereocenters. The number of esters is 1. The van der Waals surface area contributed by atoms with Gasteiger partial charge in [0.1, 0.15) is 19.0 Å². The first-order chi connectivity index (χ1) is 11.7. The van der Waals surface area contributed by atoms with E-state index in [-0.39, 0.29) is 12.6 Å². The number of carbonyl (C=O) groups is 1. The Labute approximate surface area is 144 Å². The van der Waals surface area contributed by atoms with Gasteiger partial charge in [0, 0.05) is 5.38 Å². The van der Waals surface area contributed by atoms with Gasteiger partial charge in [0.25, 0.3) is 0 Å². The maximum absolute atomic E-state index is 12.2. The van der Waals surface area contributed by atoms with E-state index in [0.29, 0.717) is 17.9 Å². The number of aromatic nitrogens is 1. The van der Waals surface area contributed by atoms with Crippen LogP contribution in [-0.2, 0) is 18.0 Å². The van der Waals surface area contributed by atoms with Gasteiger partial charge in [-0.25, -0.2) is 9.78 Å². The summed E-state index contributed by atoms with van der Waals surface area (Å²) in [5.41, 5.74) is 5.21. The molecular weight excluding hydrogens is 322 g/mol. The molecule has 0 aliphatic heterocycles. The Morgan fingerprint density at radius 1 is 1.12 bits per heavy atom. The van der Waals surface area contributed by atoms with Crippen LogP contribution < -0.4 is 4.74 Å². The second-order valence-electron chi connectivity index (χ2n) is 5.30. The van der Waals surface area contributed by atoms with E-state index in [9.17, 15) is 4.79 Å². The van der Waals surface area contributed by atoms with Crippen LogP contribution in [0.2, 0.25) is 0 Å². The quantitative estimate of drug-likeness (QED) is 0.625. The maximum atomic E-state index is 12.2. The van der Waals surface area contributed by atoms with Gasteiger partial charge in [-0.05, 0) is 36.2 Å². The Hall–Kier alpha value is -2.66. The lowest BCUT2D eigenvalue weighted by Crippen LogP contribution is -2.06. The van der Waals surface area contributed by atoms with Crippen molar-refractivity contribution >= 4 is 17.3 Å². The van der Waals surface area contributed by atoms with Crippen molar-refractivity contribution in [2.75, 3.05) is 0 Å². The van der Waals surface area contributed by atoms with Crippen LogP contribution in [-0.4, -0.2) is 11.0 Å². The molecule has 0 saturated carbocycles. The van der Waals surface area contributed by atoms with Gasteiger partial charge in [0.15, 0.2) is 0 Å². The van der Waals surface area contributed by atoms with Crippen molar-refractivity contribution in [3.63, 3.8) is 0 Å². The highest BCUT2D eigenvalue weighted by atomic mass is 32.1. The van der Waals surface area contributed by atoms with E-state index in [4.69, 9.17) is 9.47 Å². The first kappa shape index (κ1) is 16.2. The molecule has 0 radical (unpaired) electrons. The minimum Gasteiger partial charge on any atom is -0.487 e. The Bertz CT molecular complexity index is 815. The number of nitrogens with zero attached hydrogens (tertiary/aromatic N) is 1. The van der Waals surface area contributed by atoms with E-state index >= 15 is 0 Å². The zero-order valence-corrected chi connectivity index (χ0v) is 14.1. The number of hydrogen-bond donors (Lipinski definition) is 0. The predicted molar refractivity (Wildman–Crippen MR) is 93.2 cm³/mol. The second-order valence-corrected chi connectivity index (χ2v) is 6.02. The van der Waals surface area contributed by atoms with Crippen molar-refractivity contribution in [3.8, 4) is 5.75 Å². The summed E-state index contributed by atoms with van der Waals surface area (Å²) in [6.45, 7) is 2.64. The molecule has 3 aromatic rings. The van der Waals surface area contributed by atoms with Crippen LogP contribution in [0.3, 0.4) is 0 Å². The molecule has 2 aromatic carbocycles. The van der Waals surface area contributed by atoms with Crippen molar-refractivity contribution in [1.29, 1.82) is 0 Å². The fourth-order valence-corrected chi connectivity index (χ4v) is 2.72. The average molecular weight is 339 g/mol. The minimum atomic E-state index is -0.364. The van der Waals surface area contributed by atoms with Crippen molar-refractivity contribution < 1.29 is 14.3 Å². The normalized spacial score (nSPS) is 10.4. The second kappa shape index (κ2) is 7.75. The van der Waals surface area contributed by atoms with Crippen LogP contribution in [0.25, 0.3) is 0 Å². The molecule has 0 bridgehead atoms. The van der Waals surface area contributed by atoms with E-state index < -0.39 is 0 Å². The number of thiazole rings is 1. The zero-order chi connectivity index (χ0) is 16.8. The molecule has 122 valence electrons. The summed E-state index contributed by atoms with van der Waals surface area (Å²) in [6.07, 6.45) is 0. The summed E-state index contributed by atoms with van der Waals surface area (Å²) in [4.78, 5) is 16.4. The SMILES string of the molecule is Cc1ccccc1COC(=O)c1cccc(OCc2cscn2)c1. The van der Waals surface area contributed by atoms with Gasteiger partial charge in [-0.3, -0.25) is 0 Å². The number of aryl methyl sites for hydroxylation is 1. The summed E-state index contributed by atoms with van der Waals surface area (Å²) in [6, 6.07) is 14.8. The first-order valence-corrected chi connectivity index (χ1v) is 8.48. The molecule has 0 aliphatic carbocycles. The molecule has 0 spiro atoms. The van der Waals surface area contributed by atoms with Gasteiger partial charge in [-0.1, -0.05) is 30.3 Å². The van der Waals surface area contributed by atoms with Gasteiger partial charge in [-0.15, -0.1) is 11.3 Å². The summed E-state index contributed by atoms with van der Waals surface area (Å²) in [5.74, 6) is 0.255. The van der Waals surface area contributed by atoms with Crippen LogP contribution in [0.15, 0.2) is 59.4 Å². The standard InChI is InChI=1S/C19H17NO3S/c1-14-5-2-3-6-16(14)10-23-19(21)15-7-4-8-18(9-15)22-11-17-12-24-13-20-17/h2-9,12-13H,10-11H2,1H3. The Morgan fingerprint density at radius 2 is 2.00 bits per heavy atom. The molecule has 1 aromatic heterocycles. The van der Waals surface area contributed by atoms with E-state index in [0.717, 1.165) is 16.8 Å². The lowest BCUT2D eigenvalue weighted by atomic mass is 10.1. The largest absolute Gasteiger partial charge is 0.487 e. The number of benzene rings is 2. The molecule has 1 heterocycles. The fourth-order valence-electron chi connectivity index (χ4n) is 2.18. The molecule has 0 N–H and O–H groups in total. The third-order valence-corrected chi connectivity index (χ3v) is 4.20. The number of ether oxygens (including phenoxy) is 2. The maximum Gasteiger partial charge on any atom is 0.338 e. The molecule has 0 amide bonds. The molecule has 0 aliphatic rings. The number of carbonyl (C=O) groups excluding carboxylic acids is 1. The van der Waals surface area contributed by atoms with Crippen molar-refractivity contribution in [3.05, 3.63) is 81.8 Å². The summed E-state index contributed by atoms with van der Waals surface area (Å²) in [5, 5.41) is 1.93. The Kier molecular flexibility index (Phi) is 5.23.